The number of amides is 3. The van der Waals surface area contributed by atoms with E-state index >= 15 is 0 Å². The summed E-state index contributed by atoms with van der Waals surface area (Å²) in [6.07, 6.45) is 5.75. The number of rotatable bonds is 3. The third-order valence-electron chi connectivity index (χ3n) is 5.22. The molecule has 2 heterocycles. The van der Waals surface area contributed by atoms with Crippen molar-refractivity contribution in [3.8, 4) is 0 Å². The van der Waals surface area contributed by atoms with Crippen LogP contribution in [0, 0.1) is 5.92 Å². The summed E-state index contributed by atoms with van der Waals surface area (Å²) < 4.78 is 0. The molecule has 0 aromatic rings. The fourth-order valence-corrected chi connectivity index (χ4v) is 4.11. The number of hydrogen-bond donors (Lipinski definition) is 1. The topological polar surface area (TPSA) is 52.7 Å². The maximum atomic E-state index is 12.8. The molecule has 0 radical (unpaired) electrons. The van der Waals surface area contributed by atoms with E-state index in [0.29, 0.717) is 5.92 Å². The van der Waals surface area contributed by atoms with E-state index in [-0.39, 0.29) is 18.0 Å². The van der Waals surface area contributed by atoms with Crippen molar-refractivity contribution in [1.82, 2.24) is 15.1 Å². The van der Waals surface area contributed by atoms with Crippen LogP contribution in [-0.2, 0) is 4.79 Å². The van der Waals surface area contributed by atoms with E-state index in [9.17, 15) is 9.59 Å². The lowest BCUT2D eigenvalue weighted by atomic mass is 9.87. The van der Waals surface area contributed by atoms with Crippen LogP contribution in [-0.4, -0.2) is 53.0 Å². The number of likely N-dealkylation sites (tertiary alicyclic amines) is 1. The zero-order valence-electron chi connectivity index (χ0n) is 13.2. The average molecular weight is 293 g/mol. The maximum Gasteiger partial charge on any atom is 0.325 e. The molecule has 1 aliphatic carbocycles. The molecule has 0 aromatic heterocycles. The van der Waals surface area contributed by atoms with Crippen molar-refractivity contribution in [2.45, 2.75) is 64.0 Å². The summed E-state index contributed by atoms with van der Waals surface area (Å²) >= 11 is 0. The lowest BCUT2D eigenvalue weighted by Crippen LogP contribution is -2.55. The predicted molar refractivity (Wildman–Crippen MR) is 80.9 cm³/mol. The van der Waals surface area contributed by atoms with Gasteiger partial charge in [0.1, 0.15) is 5.54 Å². The van der Waals surface area contributed by atoms with Crippen LogP contribution in [0.25, 0.3) is 0 Å². The van der Waals surface area contributed by atoms with E-state index in [1.807, 2.05) is 0 Å². The fraction of sp³-hybridized carbons (Fsp3) is 0.875. The number of nitrogens with one attached hydrogen (secondary N) is 1. The largest absolute Gasteiger partial charge is 0.325 e. The average Bonchev–Trinajstić information content (AvgIpc) is 3.01. The van der Waals surface area contributed by atoms with Crippen LogP contribution in [0.15, 0.2) is 0 Å². The quantitative estimate of drug-likeness (QED) is 0.809. The number of urea groups is 1. The fourth-order valence-electron chi connectivity index (χ4n) is 4.11. The Balaban J connectivity index is 1.67. The Hall–Kier alpha value is -1.10. The highest BCUT2D eigenvalue weighted by Crippen LogP contribution is 2.34. The Kier molecular flexibility index (Phi) is 3.95. The van der Waals surface area contributed by atoms with Crippen LogP contribution in [0.4, 0.5) is 4.79 Å². The van der Waals surface area contributed by atoms with Crippen LogP contribution in [0.5, 0.6) is 0 Å². The second kappa shape index (κ2) is 5.59. The highest BCUT2D eigenvalue weighted by Gasteiger charge is 2.54. The summed E-state index contributed by atoms with van der Waals surface area (Å²) in [7, 11) is 0. The normalized spacial score (nSPS) is 27.1. The van der Waals surface area contributed by atoms with Crippen LogP contribution < -0.4 is 5.32 Å². The van der Waals surface area contributed by atoms with Gasteiger partial charge >= 0.3 is 6.03 Å². The van der Waals surface area contributed by atoms with Gasteiger partial charge < -0.3 is 10.2 Å². The predicted octanol–water partition coefficient (Wildman–Crippen LogP) is 1.97. The number of imide groups is 1. The van der Waals surface area contributed by atoms with E-state index in [2.05, 4.69) is 24.1 Å². The molecule has 2 aliphatic heterocycles. The number of carbonyl (C=O) groups is 2. The third kappa shape index (κ3) is 2.68. The van der Waals surface area contributed by atoms with Gasteiger partial charge in [-0.3, -0.25) is 9.69 Å². The second-order valence-corrected chi connectivity index (χ2v) is 7.32. The first-order chi connectivity index (χ1) is 10.0. The summed E-state index contributed by atoms with van der Waals surface area (Å²) in [6, 6.07) is -0.00483. The van der Waals surface area contributed by atoms with Gasteiger partial charge in [0.2, 0.25) is 0 Å². The molecule has 1 N–H and O–H groups in total. The minimum atomic E-state index is -0.604. The monoisotopic (exact) mass is 293 g/mol. The van der Waals surface area contributed by atoms with Crippen molar-refractivity contribution in [3.05, 3.63) is 0 Å². The first-order valence-corrected chi connectivity index (χ1v) is 8.40. The lowest BCUT2D eigenvalue weighted by molar-refractivity contribution is -0.134. The van der Waals surface area contributed by atoms with Gasteiger partial charge in [-0.05, 0) is 31.6 Å². The Morgan fingerprint density at radius 3 is 2.38 bits per heavy atom. The van der Waals surface area contributed by atoms with E-state index in [0.717, 1.165) is 58.2 Å². The number of carbonyl (C=O) groups excluding carboxylic acids is 2. The summed E-state index contributed by atoms with van der Waals surface area (Å²) in [5.41, 5.74) is -0.604. The van der Waals surface area contributed by atoms with Crippen LogP contribution in [0.1, 0.15) is 52.4 Å². The van der Waals surface area contributed by atoms with Gasteiger partial charge in [-0.25, -0.2) is 4.79 Å². The van der Waals surface area contributed by atoms with Crippen LogP contribution in [0.3, 0.4) is 0 Å². The Labute approximate surface area is 127 Å². The molecule has 21 heavy (non-hydrogen) atoms. The number of nitrogens with zero attached hydrogens (tertiary/aromatic N) is 2. The minimum absolute atomic E-state index is 0.0450. The molecule has 0 unspecified atom stereocenters. The first kappa shape index (κ1) is 14.8. The molecule has 118 valence electrons. The molecule has 0 bridgehead atoms. The highest BCUT2D eigenvalue weighted by atomic mass is 16.2. The van der Waals surface area contributed by atoms with E-state index in [4.69, 9.17) is 0 Å². The molecule has 1 spiro atoms. The first-order valence-electron chi connectivity index (χ1n) is 8.40. The van der Waals surface area contributed by atoms with Gasteiger partial charge in [0.15, 0.2) is 0 Å². The van der Waals surface area contributed by atoms with Crippen LogP contribution in [0.2, 0.25) is 0 Å². The standard InChI is InChI=1S/C16H27N3O2/c1-12(2)11-18-9-7-16(8-10-18)14(20)19(15(21)17-16)13-5-3-4-6-13/h12-13H,3-11H2,1-2H3,(H,17,21). The van der Waals surface area contributed by atoms with Gasteiger partial charge in [-0.1, -0.05) is 26.7 Å². The molecule has 0 atom stereocenters. The van der Waals surface area contributed by atoms with Crippen molar-refractivity contribution < 1.29 is 9.59 Å². The molecular formula is C16H27N3O2. The summed E-state index contributed by atoms with van der Waals surface area (Å²) in [5, 5.41) is 3.03. The van der Waals surface area contributed by atoms with E-state index < -0.39 is 5.54 Å². The lowest BCUT2D eigenvalue weighted by Gasteiger charge is -2.38. The summed E-state index contributed by atoms with van der Waals surface area (Å²) in [4.78, 5) is 29.1. The molecule has 0 aromatic carbocycles. The Morgan fingerprint density at radius 1 is 1.19 bits per heavy atom. The molecular weight excluding hydrogens is 266 g/mol. The second-order valence-electron chi connectivity index (χ2n) is 7.32. The van der Waals surface area contributed by atoms with Gasteiger partial charge in [-0.2, -0.15) is 0 Å². The maximum absolute atomic E-state index is 12.8. The summed E-state index contributed by atoms with van der Waals surface area (Å²) in [5.74, 6) is 0.687. The Bertz CT molecular complexity index is 421. The van der Waals surface area contributed by atoms with Gasteiger partial charge in [0.05, 0.1) is 0 Å². The molecule has 3 aliphatic rings. The SMILES string of the molecule is CC(C)CN1CCC2(CC1)NC(=O)N(C1CCCC1)C2=O. The third-order valence-corrected chi connectivity index (χ3v) is 5.22. The van der Waals surface area contributed by atoms with Gasteiger partial charge in [0, 0.05) is 25.7 Å². The summed E-state index contributed by atoms with van der Waals surface area (Å²) in [6.45, 7) is 7.32. The number of hydrogen-bond acceptors (Lipinski definition) is 3. The zero-order chi connectivity index (χ0) is 15.0. The molecule has 3 rings (SSSR count). The molecule has 3 fully saturated rings. The minimum Gasteiger partial charge on any atom is -0.323 e. The molecule has 3 amide bonds. The smallest absolute Gasteiger partial charge is 0.323 e. The van der Waals surface area contributed by atoms with Crippen LogP contribution >= 0.6 is 0 Å². The van der Waals surface area contributed by atoms with Gasteiger partial charge in [0.25, 0.3) is 5.91 Å². The van der Waals surface area contributed by atoms with Crippen molar-refractivity contribution in [1.29, 1.82) is 0 Å². The molecule has 1 saturated carbocycles. The highest BCUT2D eigenvalue weighted by molar-refractivity contribution is 6.07. The van der Waals surface area contributed by atoms with Crippen molar-refractivity contribution in [2.75, 3.05) is 19.6 Å². The van der Waals surface area contributed by atoms with E-state index in [1.165, 1.54) is 0 Å². The van der Waals surface area contributed by atoms with Crippen molar-refractivity contribution in [2.24, 2.45) is 5.92 Å². The molecule has 2 saturated heterocycles. The Morgan fingerprint density at radius 2 is 1.81 bits per heavy atom. The number of piperidine rings is 1. The molecule has 5 nitrogen and oxygen atoms in total. The van der Waals surface area contributed by atoms with Gasteiger partial charge in [-0.15, -0.1) is 0 Å². The molecule has 5 heteroatoms. The van der Waals surface area contributed by atoms with Crippen molar-refractivity contribution >= 4 is 11.9 Å². The zero-order valence-corrected chi connectivity index (χ0v) is 13.2. The van der Waals surface area contributed by atoms with Crippen molar-refractivity contribution in [3.63, 3.8) is 0 Å². The van der Waals surface area contributed by atoms with E-state index in [1.54, 1.807) is 4.90 Å².